The Morgan fingerprint density at radius 1 is 1.62 bits per heavy atom. The molecule has 0 aliphatic heterocycles. The van der Waals surface area contributed by atoms with Crippen LogP contribution in [0, 0.1) is 0 Å². The van der Waals surface area contributed by atoms with Gasteiger partial charge in [-0.2, -0.15) is 0 Å². The third kappa shape index (κ3) is 1.03. The smallest absolute Gasteiger partial charge is 0.314 e. The lowest BCUT2D eigenvalue weighted by atomic mass is 9.65. The van der Waals surface area contributed by atoms with Crippen molar-refractivity contribution in [3.63, 3.8) is 0 Å². The molecular formula is C10H9BrO2. The highest BCUT2D eigenvalue weighted by atomic mass is 79.9. The van der Waals surface area contributed by atoms with Crippen LogP contribution < -0.4 is 0 Å². The highest BCUT2D eigenvalue weighted by molar-refractivity contribution is 9.10. The molecular weight excluding hydrogens is 232 g/mol. The average molecular weight is 241 g/mol. The number of fused-ring (bicyclic) bond motifs is 1. The highest BCUT2D eigenvalue weighted by Crippen LogP contribution is 2.45. The van der Waals surface area contributed by atoms with Crippen LogP contribution in [0.15, 0.2) is 22.7 Å². The number of benzene rings is 1. The van der Waals surface area contributed by atoms with Crippen molar-refractivity contribution >= 4 is 21.9 Å². The van der Waals surface area contributed by atoms with Crippen LogP contribution in [-0.4, -0.2) is 11.1 Å². The summed E-state index contributed by atoms with van der Waals surface area (Å²) >= 11 is 3.38. The summed E-state index contributed by atoms with van der Waals surface area (Å²) in [5.74, 6) is -0.744. The maximum absolute atomic E-state index is 11.0. The van der Waals surface area contributed by atoms with Crippen molar-refractivity contribution in [2.45, 2.75) is 18.8 Å². The zero-order chi connectivity index (χ0) is 9.64. The van der Waals surface area contributed by atoms with Crippen LogP contribution in [-0.2, 0) is 16.6 Å². The van der Waals surface area contributed by atoms with E-state index in [9.17, 15) is 4.79 Å². The monoisotopic (exact) mass is 240 g/mol. The van der Waals surface area contributed by atoms with E-state index in [-0.39, 0.29) is 0 Å². The maximum atomic E-state index is 11.0. The lowest BCUT2D eigenvalue weighted by molar-refractivity contribution is -0.144. The molecule has 0 heterocycles. The minimum atomic E-state index is -0.744. The summed E-state index contributed by atoms with van der Waals surface area (Å²) in [5, 5.41) is 9.04. The summed E-state index contributed by atoms with van der Waals surface area (Å²) in [6, 6.07) is 5.80. The molecule has 0 bridgehead atoms. The van der Waals surface area contributed by atoms with Gasteiger partial charge in [0.1, 0.15) is 0 Å². The van der Waals surface area contributed by atoms with Gasteiger partial charge in [-0.1, -0.05) is 28.1 Å². The van der Waals surface area contributed by atoms with E-state index in [4.69, 9.17) is 5.11 Å². The van der Waals surface area contributed by atoms with Gasteiger partial charge in [-0.3, -0.25) is 4.79 Å². The minimum Gasteiger partial charge on any atom is -0.481 e. The van der Waals surface area contributed by atoms with Crippen molar-refractivity contribution in [2.75, 3.05) is 0 Å². The summed E-state index contributed by atoms with van der Waals surface area (Å²) < 4.78 is 0.904. The van der Waals surface area contributed by atoms with Crippen LogP contribution in [0.25, 0.3) is 0 Å². The molecule has 1 aliphatic rings. The lowest BCUT2D eigenvalue weighted by Gasteiger charge is -2.38. The zero-order valence-corrected chi connectivity index (χ0v) is 8.76. The summed E-state index contributed by atoms with van der Waals surface area (Å²) in [4.78, 5) is 11.0. The molecule has 0 aromatic heterocycles. The van der Waals surface area contributed by atoms with Crippen molar-refractivity contribution in [1.82, 2.24) is 0 Å². The minimum absolute atomic E-state index is 0.636. The number of rotatable bonds is 1. The Kier molecular flexibility index (Phi) is 1.74. The van der Waals surface area contributed by atoms with E-state index in [0.717, 1.165) is 15.6 Å². The fraction of sp³-hybridized carbons (Fsp3) is 0.300. The molecule has 0 radical (unpaired) electrons. The van der Waals surface area contributed by atoms with Crippen LogP contribution in [0.2, 0.25) is 0 Å². The third-order valence-corrected chi connectivity index (χ3v) is 3.33. The quantitative estimate of drug-likeness (QED) is 0.819. The van der Waals surface area contributed by atoms with Gasteiger partial charge in [0.25, 0.3) is 0 Å². The van der Waals surface area contributed by atoms with E-state index in [1.165, 1.54) is 0 Å². The molecule has 68 valence electrons. The van der Waals surface area contributed by atoms with Crippen molar-refractivity contribution in [1.29, 1.82) is 0 Å². The zero-order valence-electron chi connectivity index (χ0n) is 7.17. The first-order valence-corrected chi connectivity index (χ1v) is 4.86. The molecule has 0 saturated carbocycles. The predicted octanol–water partition coefficient (Wildman–Crippen LogP) is 2.35. The van der Waals surface area contributed by atoms with Crippen molar-refractivity contribution in [3.8, 4) is 0 Å². The molecule has 0 saturated heterocycles. The van der Waals surface area contributed by atoms with Gasteiger partial charge in [-0.15, -0.1) is 0 Å². The standard InChI is InChI=1S/C10H9BrO2/c1-10(9(12)13)5-6-3-2-4-7(11)8(6)10/h2-4H,5H2,1H3,(H,12,13). The van der Waals surface area contributed by atoms with E-state index in [1.807, 2.05) is 18.2 Å². The van der Waals surface area contributed by atoms with Crippen LogP contribution in [0.5, 0.6) is 0 Å². The Hall–Kier alpha value is -0.830. The molecule has 1 unspecified atom stereocenters. The summed E-state index contributed by atoms with van der Waals surface area (Å²) in [5.41, 5.74) is 1.39. The Balaban J connectivity index is 2.57. The summed E-state index contributed by atoms with van der Waals surface area (Å²) in [6.07, 6.45) is 0.636. The molecule has 1 aliphatic carbocycles. The predicted molar refractivity (Wildman–Crippen MR) is 52.8 cm³/mol. The maximum Gasteiger partial charge on any atom is 0.314 e. The Morgan fingerprint density at radius 3 is 2.85 bits per heavy atom. The van der Waals surface area contributed by atoms with Crippen LogP contribution in [0.1, 0.15) is 18.1 Å². The number of hydrogen-bond donors (Lipinski definition) is 1. The van der Waals surface area contributed by atoms with Gasteiger partial charge >= 0.3 is 5.97 Å². The average Bonchev–Trinajstić information content (AvgIpc) is 2.00. The molecule has 0 spiro atoms. The largest absolute Gasteiger partial charge is 0.481 e. The molecule has 1 aromatic rings. The van der Waals surface area contributed by atoms with Crippen molar-refractivity contribution < 1.29 is 9.90 Å². The van der Waals surface area contributed by atoms with Crippen molar-refractivity contribution in [2.24, 2.45) is 0 Å². The fourth-order valence-electron chi connectivity index (χ4n) is 1.88. The Bertz CT molecular complexity index is 372. The molecule has 2 rings (SSSR count). The van der Waals surface area contributed by atoms with E-state index in [1.54, 1.807) is 6.92 Å². The van der Waals surface area contributed by atoms with E-state index >= 15 is 0 Å². The molecule has 0 fully saturated rings. The summed E-state index contributed by atoms with van der Waals surface area (Å²) in [6.45, 7) is 1.77. The topological polar surface area (TPSA) is 37.3 Å². The normalized spacial score (nSPS) is 24.8. The SMILES string of the molecule is CC1(C(=O)O)Cc2cccc(Br)c21. The van der Waals surface area contributed by atoms with E-state index in [2.05, 4.69) is 15.9 Å². The van der Waals surface area contributed by atoms with Crippen LogP contribution >= 0.6 is 15.9 Å². The molecule has 13 heavy (non-hydrogen) atoms. The third-order valence-electron chi connectivity index (χ3n) is 2.67. The highest BCUT2D eigenvalue weighted by Gasteiger charge is 2.46. The van der Waals surface area contributed by atoms with Crippen molar-refractivity contribution in [3.05, 3.63) is 33.8 Å². The number of aliphatic carboxylic acids is 1. The van der Waals surface area contributed by atoms with Gasteiger partial charge in [0.05, 0.1) is 5.41 Å². The van der Waals surface area contributed by atoms with Gasteiger partial charge in [0, 0.05) is 4.47 Å². The molecule has 1 N–H and O–H groups in total. The van der Waals surface area contributed by atoms with E-state index in [0.29, 0.717) is 6.42 Å². The first kappa shape index (κ1) is 8.75. The second-order valence-electron chi connectivity index (χ2n) is 3.59. The Morgan fingerprint density at radius 2 is 2.31 bits per heavy atom. The van der Waals surface area contributed by atoms with Gasteiger partial charge in [0.15, 0.2) is 0 Å². The fourth-order valence-corrected chi connectivity index (χ4v) is 2.72. The molecule has 1 aromatic carbocycles. The number of carbonyl (C=O) groups is 1. The Labute approximate surface area is 84.7 Å². The first-order valence-electron chi connectivity index (χ1n) is 4.07. The number of carboxylic acids is 1. The number of halogens is 1. The lowest BCUT2D eigenvalue weighted by Crippen LogP contribution is -2.43. The van der Waals surface area contributed by atoms with E-state index < -0.39 is 11.4 Å². The number of hydrogen-bond acceptors (Lipinski definition) is 1. The first-order chi connectivity index (χ1) is 6.05. The second kappa shape index (κ2) is 2.58. The molecule has 0 amide bonds. The summed E-state index contributed by atoms with van der Waals surface area (Å²) in [7, 11) is 0. The van der Waals surface area contributed by atoms with Gasteiger partial charge in [-0.05, 0) is 30.5 Å². The number of carboxylic acid groups (broad SMARTS) is 1. The van der Waals surface area contributed by atoms with Gasteiger partial charge < -0.3 is 5.11 Å². The van der Waals surface area contributed by atoms with Gasteiger partial charge in [0.2, 0.25) is 0 Å². The molecule has 2 nitrogen and oxygen atoms in total. The van der Waals surface area contributed by atoms with Crippen LogP contribution in [0.4, 0.5) is 0 Å². The molecule has 1 atom stereocenters. The second-order valence-corrected chi connectivity index (χ2v) is 4.44. The van der Waals surface area contributed by atoms with Gasteiger partial charge in [-0.25, -0.2) is 0 Å². The molecule has 3 heteroatoms. The van der Waals surface area contributed by atoms with Crippen LogP contribution in [0.3, 0.4) is 0 Å².